The fourth-order valence-electron chi connectivity index (χ4n) is 10.4. The van der Waals surface area contributed by atoms with Crippen molar-refractivity contribution in [2.45, 2.75) is 51.9 Å². The van der Waals surface area contributed by atoms with E-state index < -0.39 is 0 Å². The van der Waals surface area contributed by atoms with Crippen molar-refractivity contribution in [3.8, 4) is 12.1 Å². The molecule has 332 valence electrons. The van der Waals surface area contributed by atoms with Crippen LogP contribution in [0.3, 0.4) is 0 Å². The second kappa shape index (κ2) is 20.0. The van der Waals surface area contributed by atoms with Gasteiger partial charge in [0.1, 0.15) is 29.2 Å². The molecule has 3 aliphatic heterocycles. The second-order valence-electron chi connectivity index (χ2n) is 17.0. The van der Waals surface area contributed by atoms with Gasteiger partial charge in [0, 0.05) is 31.8 Å². The molecule has 0 spiro atoms. The van der Waals surface area contributed by atoms with Gasteiger partial charge in [-0.25, -0.2) is 0 Å². The number of allylic oxidation sites excluding steroid dienone is 6. The molecule has 4 atom stereocenters. The van der Waals surface area contributed by atoms with Crippen molar-refractivity contribution in [1.82, 2.24) is 0 Å². The van der Waals surface area contributed by atoms with Crippen LogP contribution in [0.25, 0.3) is 12.2 Å². The number of ether oxygens (including phenoxy) is 1. The SMILES string of the molecule is CCN1c2ccc(/C=C/C3=CC(=C(C#N)C#N)C=C(/C=C/c4ccc5c(c4)N(CC)C(c4ccccc4)C(c4ccccc4)N5CC)O3)cc2N(CC)C(c2ccccc2)C1c1ccccc1. The van der Waals surface area contributed by atoms with Gasteiger partial charge >= 0.3 is 0 Å². The summed E-state index contributed by atoms with van der Waals surface area (Å²) in [5, 5.41) is 20.0. The number of hydrogen-bond donors (Lipinski definition) is 0. The van der Waals surface area contributed by atoms with Gasteiger partial charge in [-0.1, -0.05) is 146 Å². The van der Waals surface area contributed by atoms with E-state index in [4.69, 9.17) is 4.74 Å². The molecule has 7 nitrogen and oxygen atoms in total. The van der Waals surface area contributed by atoms with E-state index in [1.807, 2.05) is 24.3 Å². The van der Waals surface area contributed by atoms with E-state index >= 15 is 0 Å². The van der Waals surface area contributed by atoms with Gasteiger partial charge < -0.3 is 24.3 Å². The zero-order valence-electron chi connectivity index (χ0n) is 38.7. The highest BCUT2D eigenvalue weighted by Gasteiger charge is 2.41. The third-order valence-corrected chi connectivity index (χ3v) is 13.3. The Labute approximate surface area is 396 Å². The summed E-state index contributed by atoms with van der Waals surface area (Å²) in [6.07, 6.45) is 11.5. The molecule has 6 aromatic carbocycles. The first kappa shape index (κ1) is 44.2. The van der Waals surface area contributed by atoms with E-state index in [0.717, 1.165) is 37.3 Å². The van der Waals surface area contributed by atoms with Crippen molar-refractivity contribution >= 4 is 34.9 Å². The zero-order valence-corrected chi connectivity index (χ0v) is 38.7. The summed E-state index contributed by atoms with van der Waals surface area (Å²) < 4.78 is 6.51. The number of hydrogen-bond acceptors (Lipinski definition) is 7. The van der Waals surface area contributed by atoms with Crippen molar-refractivity contribution in [1.29, 1.82) is 10.5 Å². The standard InChI is InChI=1S/C60H56N6O/c1-5-63-53-35-31-43(37-55(53)65(7-3)59(47-25-17-11-18-26-47)57(63)45-21-13-9-14-22-45)29-33-51-39-49(50(41-61)42-62)40-52(67-51)34-30-44-32-36-54-56(38-44)66(8-4)60(48-27-19-12-20-28-48)58(64(54)6-2)46-23-15-10-16-24-46/h9-40,57-60H,5-8H2,1-4H3/b33-29+,34-30+. The fourth-order valence-corrected chi connectivity index (χ4v) is 10.4. The molecule has 0 aliphatic carbocycles. The van der Waals surface area contributed by atoms with Crippen molar-refractivity contribution in [3.63, 3.8) is 0 Å². The Morgan fingerprint density at radius 3 is 1.04 bits per heavy atom. The number of anilines is 4. The predicted molar refractivity (Wildman–Crippen MR) is 275 cm³/mol. The Morgan fingerprint density at radius 1 is 0.433 bits per heavy atom. The molecule has 0 radical (unpaired) electrons. The van der Waals surface area contributed by atoms with Crippen LogP contribution in [0.2, 0.25) is 0 Å². The molecular formula is C60H56N6O. The Morgan fingerprint density at radius 2 is 0.746 bits per heavy atom. The maximum Gasteiger partial charge on any atom is 0.137 e. The average molecular weight is 877 g/mol. The highest BCUT2D eigenvalue weighted by Crippen LogP contribution is 2.52. The quantitative estimate of drug-likeness (QED) is 0.113. The van der Waals surface area contributed by atoms with Gasteiger partial charge in [-0.15, -0.1) is 0 Å². The molecule has 0 bridgehead atoms. The first-order valence-corrected chi connectivity index (χ1v) is 23.5. The van der Waals surface area contributed by atoms with Crippen molar-refractivity contribution in [2.75, 3.05) is 45.8 Å². The summed E-state index contributed by atoms with van der Waals surface area (Å²) in [5.74, 6) is 1.07. The molecule has 4 unspecified atom stereocenters. The highest BCUT2D eigenvalue weighted by molar-refractivity contribution is 5.81. The Hall–Kier alpha value is -8.00. The van der Waals surface area contributed by atoms with Crippen LogP contribution in [-0.2, 0) is 4.74 Å². The minimum atomic E-state index is 0.0269. The van der Waals surface area contributed by atoms with E-state index in [0.29, 0.717) is 17.1 Å². The van der Waals surface area contributed by atoms with Gasteiger partial charge in [0.25, 0.3) is 0 Å². The highest BCUT2D eigenvalue weighted by atomic mass is 16.5. The molecule has 0 saturated heterocycles. The van der Waals surface area contributed by atoms with E-state index in [9.17, 15) is 10.5 Å². The molecule has 67 heavy (non-hydrogen) atoms. The minimum Gasteiger partial charge on any atom is -0.457 e. The normalized spacial score (nSPS) is 19.0. The topological polar surface area (TPSA) is 69.8 Å². The smallest absolute Gasteiger partial charge is 0.137 e. The summed E-state index contributed by atoms with van der Waals surface area (Å²) in [6, 6.07) is 61.3. The molecule has 6 aromatic rings. The van der Waals surface area contributed by atoms with Crippen LogP contribution in [0.4, 0.5) is 22.7 Å². The van der Waals surface area contributed by atoms with Crippen LogP contribution >= 0.6 is 0 Å². The molecule has 3 heterocycles. The first-order valence-electron chi connectivity index (χ1n) is 23.5. The second-order valence-corrected chi connectivity index (χ2v) is 17.0. The minimum absolute atomic E-state index is 0.0269. The van der Waals surface area contributed by atoms with Crippen LogP contribution in [0.1, 0.15) is 85.2 Å². The molecule has 9 rings (SSSR count). The van der Waals surface area contributed by atoms with Gasteiger partial charge in [0.2, 0.25) is 0 Å². The summed E-state index contributed by atoms with van der Waals surface area (Å²) >= 11 is 0. The number of nitrogens with zero attached hydrogens (tertiary/aromatic N) is 6. The first-order chi connectivity index (χ1) is 33.0. The van der Waals surface area contributed by atoms with Gasteiger partial charge in [0.05, 0.1) is 46.9 Å². The van der Waals surface area contributed by atoms with E-state index in [1.165, 1.54) is 45.0 Å². The maximum absolute atomic E-state index is 9.98. The van der Waals surface area contributed by atoms with Gasteiger partial charge in [-0.05, 0) is 110 Å². The number of rotatable bonds is 12. The molecule has 0 N–H and O–H groups in total. The summed E-state index contributed by atoms with van der Waals surface area (Å²) in [5.41, 5.74) is 12.4. The third kappa shape index (κ3) is 8.77. The van der Waals surface area contributed by atoms with Gasteiger partial charge in [0.15, 0.2) is 0 Å². The average Bonchev–Trinajstić information content (AvgIpc) is 3.39. The van der Waals surface area contributed by atoms with Crippen LogP contribution in [0.5, 0.6) is 0 Å². The molecular weight excluding hydrogens is 821 g/mol. The monoisotopic (exact) mass is 876 g/mol. The molecule has 0 amide bonds. The lowest BCUT2D eigenvalue weighted by Crippen LogP contribution is -2.46. The van der Waals surface area contributed by atoms with E-state index in [2.05, 4.69) is 217 Å². The van der Waals surface area contributed by atoms with Crippen LogP contribution in [0.15, 0.2) is 205 Å². The summed E-state index contributed by atoms with van der Waals surface area (Å²) in [7, 11) is 0. The molecule has 7 heteroatoms. The van der Waals surface area contributed by atoms with Crippen molar-refractivity contribution in [3.05, 3.63) is 238 Å². The molecule has 0 saturated carbocycles. The number of nitriles is 2. The van der Waals surface area contributed by atoms with E-state index in [1.54, 1.807) is 12.2 Å². The van der Waals surface area contributed by atoms with Gasteiger partial charge in [-0.2, -0.15) is 10.5 Å². The van der Waals surface area contributed by atoms with Crippen molar-refractivity contribution < 1.29 is 4.74 Å². The van der Waals surface area contributed by atoms with Crippen LogP contribution in [-0.4, -0.2) is 26.2 Å². The fraction of sp³-hybridized carbons (Fsp3) is 0.200. The van der Waals surface area contributed by atoms with Crippen LogP contribution in [0, 0.1) is 22.7 Å². The van der Waals surface area contributed by atoms with Crippen molar-refractivity contribution in [2.24, 2.45) is 0 Å². The Balaban J connectivity index is 1.03. The third-order valence-electron chi connectivity index (χ3n) is 13.3. The largest absolute Gasteiger partial charge is 0.457 e. The number of fused-ring (bicyclic) bond motifs is 2. The maximum atomic E-state index is 9.98. The number of benzene rings is 6. The lowest BCUT2D eigenvalue weighted by Gasteiger charge is -2.50. The molecule has 3 aliphatic rings. The lowest BCUT2D eigenvalue weighted by atomic mass is 9.87. The predicted octanol–water partition coefficient (Wildman–Crippen LogP) is 13.9. The Kier molecular flexibility index (Phi) is 13.2. The molecule has 0 aromatic heterocycles. The lowest BCUT2D eigenvalue weighted by molar-refractivity contribution is 0.332. The summed E-state index contributed by atoms with van der Waals surface area (Å²) in [4.78, 5) is 10.1. The number of likely N-dealkylation sites (N-methyl/N-ethyl adjacent to an activating group) is 4. The zero-order chi connectivity index (χ0) is 46.3. The molecule has 0 fully saturated rings. The summed E-state index contributed by atoms with van der Waals surface area (Å²) in [6.45, 7) is 12.3. The van der Waals surface area contributed by atoms with Crippen LogP contribution < -0.4 is 19.6 Å². The Bertz CT molecular complexity index is 2740. The van der Waals surface area contributed by atoms with Gasteiger partial charge in [-0.3, -0.25) is 0 Å². The van der Waals surface area contributed by atoms with E-state index in [-0.39, 0.29) is 29.7 Å².